The van der Waals surface area contributed by atoms with Gasteiger partial charge in [-0.05, 0) is 45.1 Å². The number of hydrogen-bond acceptors (Lipinski definition) is 1. The number of rotatable bonds is 3. The molecule has 1 aliphatic carbocycles. The van der Waals surface area contributed by atoms with Crippen LogP contribution in [0.15, 0.2) is 12.3 Å². The van der Waals surface area contributed by atoms with Gasteiger partial charge in [-0.3, -0.25) is 0 Å². The minimum atomic E-state index is 0.679. The lowest BCUT2D eigenvalue weighted by atomic mass is 10.1. The molecular formula is C14H22N2. The molecule has 0 amide bonds. The lowest BCUT2D eigenvalue weighted by molar-refractivity contribution is 0.464. The van der Waals surface area contributed by atoms with Gasteiger partial charge in [-0.1, -0.05) is 13.3 Å². The van der Waals surface area contributed by atoms with E-state index in [2.05, 4.69) is 30.7 Å². The second kappa shape index (κ2) is 4.44. The maximum Gasteiger partial charge on any atom is 0.0373 e. The average Bonchev–Trinajstić information content (AvgIpc) is 2.83. The van der Waals surface area contributed by atoms with E-state index in [0.29, 0.717) is 11.8 Å². The summed E-state index contributed by atoms with van der Waals surface area (Å²) >= 11 is 0. The Labute approximate surface area is 98.2 Å². The fourth-order valence-corrected chi connectivity index (χ4v) is 2.99. The molecule has 2 rings (SSSR count). The Morgan fingerprint density at radius 2 is 2.25 bits per heavy atom. The van der Waals surface area contributed by atoms with E-state index in [0.717, 1.165) is 11.5 Å². The maximum atomic E-state index is 7.72. The van der Waals surface area contributed by atoms with Crippen molar-refractivity contribution >= 4 is 5.71 Å². The van der Waals surface area contributed by atoms with Gasteiger partial charge in [-0.25, -0.2) is 0 Å². The van der Waals surface area contributed by atoms with E-state index in [1.807, 2.05) is 6.92 Å². The maximum absolute atomic E-state index is 7.72. The lowest BCUT2D eigenvalue weighted by Crippen LogP contribution is -2.07. The zero-order chi connectivity index (χ0) is 11.7. The first-order chi connectivity index (χ1) is 7.63. The van der Waals surface area contributed by atoms with Gasteiger partial charge in [0.25, 0.3) is 0 Å². The highest BCUT2D eigenvalue weighted by molar-refractivity contribution is 5.97. The van der Waals surface area contributed by atoms with E-state index in [1.54, 1.807) is 0 Å². The van der Waals surface area contributed by atoms with Gasteiger partial charge >= 0.3 is 0 Å². The van der Waals surface area contributed by atoms with Crippen LogP contribution in [0.1, 0.15) is 56.8 Å². The van der Waals surface area contributed by atoms with E-state index in [9.17, 15) is 0 Å². The third-order valence-corrected chi connectivity index (χ3v) is 4.07. The fourth-order valence-electron chi connectivity index (χ4n) is 2.99. The third kappa shape index (κ3) is 1.93. The van der Waals surface area contributed by atoms with Crippen LogP contribution in [-0.2, 0) is 0 Å². The van der Waals surface area contributed by atoms with Gasteiger partial charge in [0, 0.05) is 29.2 Å². The number of nitrogens with one attached hydrogen (secondary N) is 1. The quantitative estimate of drug-likeness (QED) is 0.745. The molecule has 2 unspecified atom stereocenters. The minimum Gasteiger partial charge on any atom is -0.348 e. The molecule has 0 aliphatic heterocycles. The second-order valence-electron chi connectivity index (χ2n) is 5.09. The van der Waals surface area contributed by atoms with Crippen LogP contribution in [0.5, 0.6) is 0 Å². The molecule has 16 heavy (non-hydrogen) atoms. The van der Waals surface area contributed by atoms with Gasteiger partial charge in [0.2, 0.25) is 0 Å². The highest BCUT2D eigenvalue weighted by Crippen LogP contribution is 2.37. The van der Waals surface area contributed by atoms with Crippen LogP contribution in [0.3, 0.4) is 0 Å². The molecule has 1 heterocycles. The summed E-state index contributed by atoms with van der Waals surface area (Å²) in [6.45, 7) is 6.31. The van der Waals surface area contributed by atoms with Gasteiger partial charge in [0.1, 0.15) is 0 Å². The number of aromatic nitrogens is 1. The second-order valence-corrected chi connectivity index (χ2v) is 5.09. The molecule has 0 radical (unpaired) electrons. The van der Waals surface area contributed by atoms with Gasteiger partial charge in [-0.2, -0.15) is 0 Å². The molecule has 1 fully saturated rings. The Hall–Kier alpha value is -1.05. The standard InChI is InChI=1S/C14H22N2/c1-4-12-5-6-13(9-12)16-8-7-14(10(2)15)11(16)3/h7-8,12-13,15H,4-6,9H2,1-3H3. The molecule has 2 heteroatoms. The van der Waals surface area contributed by atoms with E-state index in [4.69, 9.17) is 5.41 Å². The number of nitrogens with zero attached hydrogens (tertiary/aromatic N) is 1. The first-order valence-electron chi connectivity index (χ1n) is 6.36. The van der Waals surface area contributed by atoms with E-state index >= 15 is 0 Å². The van der Waals surface area contributed by atoms with E-state index < -0.39 is 0 Å². The Morgan fingerprint density at radius 3 is 2.75 bits per heavy atom. The van der Waals surface area contributed by atoms with Crippen molar-refractivity contribution in [1.82, 2.24) is 4.57 Å². The van der Waals surface area contributed by atoms with Gasteiger partial charge < -0.3 is 9.98 Å². The van der Waals surface area contributed by atoms with E-state index in [-0.39, 0.29) is 0 Å². The summed E-state index contributed by atoms with van der Waals surface area (Å²) < 4.78 is 2.39. The van der Waals surface area contributed by atoms with Crippen molar-refractivity contribution in [2.75, 3.05) is 0 Å². The molecule has 1 aromatic heterocycles. The normalized spacial score (nSPS) is 24.9. The fraction of sp³-hybridized carbons (Fsp3) is 0.643. The summed E-state index contributed by atoms with van der Waals surface area (Å²) in [5, 5.41) is 7.72. The molecule has 88 valence electrons. The summed E-state index contributed by atoms with van der Waals surface area (Å²) in [7, 11) is 0. The molecule has 0 saturated heterocycles. The monoisotopic (exact) mass is 218 g/mol. The Balaban J connectivity index is 2.19. The first kappa shape index (κ1) is 11.4. The van der Waals surface area contributed by atoms with Crippen LogP contribution in [-0.4, -0.2) is 10.3 Å². The summed E-state index contributed by atoms with van der Waals surface area (Å²) in [6, 6.07) is 2.77. The first-order valence-corrected chi connectivity index (χ1v) is 6.36. The zero-order valence-corrected chi connectivity index (χ0v) is 10.6. The lowest BCUT2D eigenvalue weighted by Gasteiger charge is -2.15. The molecule has 1 aliphatic rings. The highest BCUT2D eigenvalue weighted by atomic mass is 15.0. The molecule has 2 atom stereocenters. The van der Waals surface area contributed by atoms with Gasteiger partial charge in [0.05, 0.1) is 0 Å². The summed E-state index contributed by atoms with van der Waals surface area (Å²) in [6.07, 6.45) is 7.49. The molecule has 0 bridgehead atoms. The third-order valence-electron chi connectivity index (χ3n) is 4.07. The van der Waals surface area contributed by atoms with E-state index in [1.165, 1.54) is 31.4 Å². The van der Waals surface area contributed by atoms with Crippen LogP contribution >= 0.6 is 0 Å². The summed E-state index contributed by atoms with van der Waals surface area (Å²) in [5.41, 5.74) is 3.07. The van der Waals surface area contributed by atoms with Crippen molar-refractivity contribution in [1.29, 1.82) is 5.41 Å². The SMILES string of the molecule is CCC1CCC(n2ccc(C(C)=N)c2C)C1. The van der Waals surface area contributed by atoms with Crippen LogP contribution in [0, 0.1) is 18.3 Å². The molecule has 0 aromatic carbocycles. The molecular weight excluding hydrogens is 196 g/mol. The smallest absolute Gasteiger partial charge is 0.0373 e. The summed E-state index contributed by atoms with van der Waals surface area (Å²) in [4.78, 5) is 0. The number of hydrogen-bond donors (Lipinski definition) is 1. The highest BCUT2D eigenvalue weighted by Gasteiger charge is 2.25. The van der Waals surface area contributed by atoms with Crippen LogP contribution < -0.4 is 0 Å². The van der Waals surface area contributed by atoms with Crippen molar-refractivity contribution in [3.05, 3.63) is 23.5 Å². The largest absolute Gasteiger partial charge is 0.348 e. The van der Waals surface area contributed by atoms with Crippen molar-refractivity contribution in [3.63, 3.8) is 0 Å². The topological polar surface area (TPSA) is 28.8 Å². The predicted molar refractivity (Wildman–Crippen MR) is 68.3 cm³/mol. The van der Waals surface area contributed by atoms with Gasteiger partial charge in [0.15, 0.2) is 0 Å². The molecule has 1 N–H and O–H groups in total. The van der Waals surface area contributed by atoms with Crippen molar-refractivity contribution in [2.45, 2.75) is 52.5 Å². The molecule has 0 spiro atoms. The summed E-state index contributed by atoms with van der Waals surface area (Å²) in [5.74, 6) is 0.913. The predicted octanol–water partition coefficient (Wildman–Crippen LogP) is 3.94. The van der Waals surface area contributed by atoms with Gasteiger partial charge in [-0.15, -0.1) is 0 Å². The van der Waals surface area contributed by atoms with Crippen LogP contribution in [0.2, 0.25) is 0 Å². The molecule has 1 saturated carbocycles. The average molecular weight is 218 g/mol. The minimum absolute atomic E-state index is 0.679. The van der Waals surface area contributed by atoms with Crippen molar-refractivity contribution < 1.29 is 0 Å². The van der Waals surface area contributed by atoms with Crippen LogP contribution in [0.4, 0.5) is 0 Å². The molecule has 1 aromatic rings. The molecule has 2 nitrogen and oxygen atoms in total. The Morgan fingerprint density at radius 1 is 1.50 bits per heavy atom. The van der Waals surface area contributed by atoms with Crippen molar-refractivity contribution in [2.24, 2.45) is 5.92 Å². The Kier molecular flexibility index (Phi) is 3.17. The zero-order valence-electron chi connectivity index (χ0n) is 10.6. The van der Waals surface area contributed by atoms with Crippen LogP contribution in [0.25, 0.3) is 0 Å². The Bertz CT molecular complexity index is 389. The van der Waals surface area contributed by atoms with Crippen molar-refractivity contribution in [3.8, 4) is 0 Å².